The van der Waals surface area contributed by atoms with Crippen molar-refractivity contribution in [3.63, 3.8) is 0 Å². The van der Waals surface area contributed by atoms with Crippen LogP contribution in [0.25, 0.3) is 33.8 Å². The maximum absolute atomic E-state index is 14.5. The summed E-state index contributed by atoms with van der Waals surface area (Å²) in [5.41, 5.74) is 2.60. The SMILES string of the molecule is CCOC(=O)C(C)N1CCN(c2ccc(-c3nc4nc(-c5cc(F)cc(C(F)(F)F)c5)cc(N(C)CC5(COC)CCC5)c4[nH]3)cc2)CC1. The van der Waals surface area contributed by atoms with E-state index in [-0.39, 0.29) is 28.7 Å². The van der Waals surface area contributed by atoms with Gasteiger partial charge in [-0.25, -0.2) is 14.4 Å². The lowest BCUT2D eigenvalue weighted by atomic mass is 9.69. The van der Waals surface area contributed by atoms with Crippen LogP contribution in [0, 0.1) is 11.2 Å². The van der Waals surface area contributed by atoms with Gasteiger partial charge in [-0.2, -0.15) is 13.2 Å². The second-order valence-electron chi connectivity index (χ2n) is 13.2. The van der Waals surface area contributed by atoms with Gasteiger partial charge >= 0.3 is 12.1 Å². The first kappa shape index (κ1) is 34.6. The lowest BCUT2D eigenvalue weighted by molar-refractivity contribution is -0.149. The third-order valence-corrected chi connectivity index (χ3v) is 9.81. The normalized spacial score (nSPS) is 17.2. The highest BCUT2D eigenvalue weighted by molar-refractivity contribution is 5.91. The average molecular weight is 683 g/mol. The van der Waals surface area contributed by atoms with Crippen molar-refractivity contribution in [1.29, 1.82) is 0 Å². The Hall–Kier alpha value is -4.23. The lowest BCUT2D eigenvalue weighted by Gasteiger charge is -2.44. The second-order valence-corrected chi connectivity index (χ2v) is 13.2. The van der Waals surface area contributed by atoms with Crippen LogP contribution in [0.1, 0.15) is 38.7 Å². The predicted octanol–water partition coefficient (Wildman–Crippen LogP) is 6.78. The Morgan fingerprint density at radius 1 is 1.04 bits per heavy atom. The van der Waals surface area contributed by atoms with Crippen molar-refractivity contribution in [3.05, 3.63) is 59.9 Å². The molecule has 1 unspecified atom stereocenters. The van der Waals surface area contributed by atoms with Gasteiger partial charge in [-0.15, -0.1) is 0 Å². The van der Waals surface area contributed by atoms with E-state index in [0.29, 0.717) is 48.5 Å². The fraction of sp³-hybridized carbons (Fsp3) is 0.472. The molecule has 49 heavy (non-hydrogen) atoms. The Morgan fingerprint density at radius 3 is 2.37 bits per heavy atom. The number of ether oxygens (including phenoxy) is 2. The minimum Gasteiger partial charge on any atom is -0.465 e. The lowest BCUT2D eigenvalue weighted by Crippen LogP contribution is -2.52. The Balaban J connectivity index is 1.30. The van der Waals surface area contributed by atoms with Crippen LogP contribution in [-0.2, 0) is 20.4 Å². The molecule has 13 heteroatoms. The maximum Gasteiger partial charge on any atom is 0.416 e. The molecule has 0 radical (unpaired) electrons. The topological polar surface area (TPSA) is 86.8 Å². The number of hydrogen-bond acceptors (Lipinski definition) is 8. The van der Waals surface area contributed by atoms with E-state index < -0.39 is 17.6 Å². The van der Waals surface area contributed by atoms with Crippen LogP contribution >= 0.6 is 0 Å². The van der Waals surface area contributed by atoms with E-state index in [1.54, 1.807) is 20.1 Å². The molecule has 1 aliphatic carbocycles. The highest BCUT2D eigenvalue weighted by Gasteiger charge is 2.39. The molecule has 2 aliphatic rings. The number of aromatic amines is 1. The van der Waals surface area contributed by atoms with Crippen molar-refractivity contribution in [2.24, 2.45) is 5.41 Å². The van der Waals surface area contributed by atoms with E-state index in [2.05, 4.69) is 24.7 Å². The fourth-order valence-electron chi connectivity index (χ4n) is 6.99. The molecule has 1 atom stereocenters. The predicted molar refractivity (Wildman–Crippen MR) is 181 cm³/mol. The summed E-state index contributed by atoms with van der Waals surface area (Å²) in [6.45, 7) is 8.28. The van der Waals surface area contributed by atoms with E-state index in [9.17, 15) is 22.4 Å². The number of anilines is 2. The van der Waals surface area contributed by atoms with Gasteiger partial charge in [0.2, 0.25) is 0 Å². The van der Waals surface area contributed by atoms with Gasteiger partial charge in [0, 0.05) is 69.1 Å². The number of nitrogens with one attached hydrogen (secondary N) is 1. The number of esters is 1. The molecule has 262 valence electrons. The number of nitrogens with zero attached hydrogens (tertiary/aromatic N) is 5. The van der Waals surface area contributed by atoms with Crippen molar-refractivity contribution in [2.45, 2.75) is 45.3 Å². The van der Waals surface area contributed by atoms with E-state index in [4.69, 9.17) is 14.5 Å². The monoisotopic (exact) mass is 682 g/mol. The van der Waals surface area contributed by atoms with Gasteiger partial charge in [-0.05, 0) is 75.2 Å². The Bertz CT molecular complexity index is 1780. The number of rotatable bonds is 11. The maximum atomic E-state index is 14.5. The molecule has 0 amide bonds. The van der Waals surface area contributed by atoms with Crippen LogP contribution in [0.15, 0.2) is 48.5 Å². The van der Waals surface area contributed by atoms with Crippen molar-refractivity contribution in [2.75, 3.05) is 69.9 Å². The molecule has 1 N–H and O–H groups in total. The van der Waals surface area contributed by atoms with Crippen LogP contribution in [-0.4, -0.2) is 92.0 Å². The molecular formula is C36H42F4N6O3. The number of carbonyl (C=O) groups excluding carboxylic acids is 1. The number of fused-ring (bicyclic) bond motifs is 1. The molecule has 4 aromatic rings. The smallest absolute Gasteiger partial charge is 0.416 e. The zero-order chi connectivity index (χ0) is 34.9. The van der Waals surface area contributed by atoms with Crippen LogP contribution in [0.2, 0.25) is 0 Å². The number of aromatic nitrogens is 3. The molecule has 2 fully saturated rings. The average Bonchev–Trinajstić information content (AvgIpc) is 3.50. The largest absolute Gasteiger partial charge is 0.465 e. The minimum atomic E-state index is -4.71. The van der Waals surface area contributed by atoms with Gasteiger partial charge in [-0.1, -0.05) is 6.42 Å². The van der Waals surface area contributed by atoms with E-state index in [1.807, 2.05) is 38.2 Å². The quantitative estimate of drug-likeness (QED) is 0.137. The van der Waals surface area contributed by atoms with Gasteiger partial charge in [0.1, 0.15) is 23.2 Å². The zero-order valence-corrected chi connectivity index (χ0v) is 28.2. The fourth-order valence-corrected chi connectivity index (χ4v) is 6.99. The first-order chi connectivity index (χ1) is 23.4. The number of imidazole rings is 1. The number of pyridine rings is 1. The van der Waals surface area contributed by atoms with Crippen LogP contribution in [0.4, 0.5) is 28.9 Å². The molecule has 9 nitrogen and oxygen atoms in total. The summed E-state index contributed by atoms with van der Waals surface area (Å²) in [6.07, 6.45) is -1.60. The van der Waals surface area contributed by atoms with Crippen molar-refractivity contribution < 1.29 is 31.8 Å². The third-order valence-electron chi connectivity index (χ3n) is 9.81. The number of H-pyrrole nitrogens is 1. The molecular weight excluding hydrogens is 640 g/mol. The van der Waals surface area contributed by atoms with Gasteiger partial charge in [-0.3, -0.25) is 9.69 Å². The summed E-state index contributed by atoms with van der Waals surface area (Å²) >= 11 is 0. The molecule has 0 spiro atoms. The van der Waals surface area contributed by atoms with Gasteiger partial charge in [0.25, 0.3) is 0 Å². The van der Waals surface area contributed by atoms with Crippen molar-refractivity contribution in [3.8, 4) is 22.6 Å². The molecule has 1 saturated heterocycles. The van der Waals surface area contributed by atoms with Gasteiger partial charge in [0.15, 0.2) is 5.65 Å². The number of alkyl halides is 3. The van der Waals surface area contributed by atoms with Crippen molar-refractivity contribution >= 4 is 28.5 Å². The summed E-state index contributed by atoms with van der Waals surface area (Å²) in [5.74, 6) is -0.645. The van der Waals surface area contributed by atoms with Gasteiger partial charge in [0.05, 0.1) is 30.2 Å². The Kier molecular flexibility index (Phi) is 9.86. The van der Waals surface area contributed by atoms with Crippen LogP contribution < -0.4 is 9.80 Å². The molecule has 0 bridgehead atoms. The third kappa shape index (κ3) is 7.37. The Morgan fingerprint density at radius 2 is 1.76 bits per heavy atom. The first-order valence-corrected chi connectivity index (χ1v) is 16.6. The molecule has 1 aliphatic heterocycles. The number of methoxy groups -OCH3 is 1. The van der Waals surface area contributed by atoms with Crippen LogP contribution in [0.3, 0.4) is 0 Å². The molecule has 2 aromatic carbocycles. The number of benzene rings is 2. The second kappa shape index (κ2) is 13.9. The van der Waals surface area contributed by atoms with E-state index in [1.165, 1.54) is 0 Å². The number of halogens is 4. The van der Waals surface area contributed by atoms with Gasteiger partial charge < -0.3 is 24.3 Å². The number of hydrogen-bond donors (Lipinski definition) is 1. The first-order valence-electron chi connectivity index (χ1n) is 16.6. The minimum absolute atomic E-state index is 0.0183. The molecule has 3 heterocycles. The summed E-state index contributed by atoms with van der Waals surface area (Å²) < 4.78 is 66.1. The van der Waals surface area contributed by atoms with E-state index in [0.717, 1.165) is 68.8 Å². The number of piperazine rings is 1. The Labute approximate surface area is 283 Å². The highest BCUT2D eigenvalue weighted by Crippen LogP contribution is 2.43. The standard InChI is InChI=1S/C36H42F4N6O3/c1-5-49-34(47)23(2)45-13-15-46(16-14-45)28-9-7-24(8-10-28)32-42-31-30(44(3)21-35(22-48-4)11-6-12-35)20-29(41-33(31)43-32)25-17-26(36(38,39)40)19-27(37)18-25/h7-10,17-20,23H,5-6,11-16,21-22H2,1-4H3,(H,41,42,43). The van der Waals surface area contributed by atoms with Crippen LogP contribution in [0.5, 0.6) is 0 Å². The molecule has 2 aromatic heterocycles. The van der Waals surface area contributed by atoms with Crippen molar-refractivity contribution in [1.82, 2.24) is 19.9 Å². The zero-order valence-electron chi connectivity index (χ0n) is 28.2. The summed E-state index contributed by atoms with van der Waals surface area (Å²) in [6, 6.07) is 11.9. The summed E-state index contributed by atoms with van der Waals surface area (Å²) in [4.78, 5) is 31.5. The molecule has 1 saturated carbocycles. The van der Waals surface area contributed by atoms with E-state index >= 15 is 0 Å². The number of carbonyl (C=O) groups is 1. The summed E-state index contributed by atoms with van der Waals surface area (Å²) in [5, 5.41) is 0. The molecule has 6 rings (SSSR count). The summed E-state index contributed by atoms with van der Waals surface area (Å²) in [7, 11) is 3.62. The highest BCUT2D eigenvalue weighted by atomic mass is 19.4.